The molecule has 1 aromatic heterocycles. The molecule has 0 saturated carbocycles. The van der Waals surface area contributed by atoms with Crippen LogP contribution in [0.5, 0.6) is 0 Å². The highest BCUT2D eigenvalue weighted by molar-refractivity contribution is 7.90. The molecule has 1 nitrogen and oxygen atoms in total. The first-order valence-electron chi connectivity index (χ1n) is 4.15. The van der Waals surface area contributed by atoms with E-state index in [1.54, 1.807) is 0 Å². The quantitative estimate of drug-likeness (QED) is 0.586. The van der Waals surface area contributed by atoms with Gasteiger partial charge in [-0.3, -0.25) is 0 Å². The fraction of sp³-hybridized carbons (Fsp3) is 0.0909. The van der Waals surface area contributed by atoms with Gasteiger partial charge >= 0.3 is 0 Å². The lowest BCUT2D eigenvalue weighted by molar-refractivity contribution is 1.37. The van der Waals surface area contributed by atoms with Crippen molar-refractivity contribution in [2.24, 2.45) is 0 Å². The van der Waals surface area contributed by atoms with Crippen LogP contribution in [0.25, 0.3) is 22.4 Å². The molecule has 0 amide bonds. The molecule has 2 heteroatoms. The van der Waals surface area contributed by atoms with E-state index in [4.69, 9.17) is 0 Å². The normalized spacial score (nSPS) is 13.4. The number of nitrogens with one attached hydrogen (secondary N) is 1. The Bertz CT molecular complexity index is 547. The maximum Gasteiger partial charge on any atom is 0.0464 e. The first-order chi connectivity index (χ1) is 6.20. The predicted molar refractivity (Wildman–Crippen MR) is 61.1 cm³/mol. The highest BCUT2D eigenvalue weighted by atomic mass is 32.1. The molecule has 2 aromatic rings. The van der Waals surface area contributed by atoms with Crippen LogP contribution >= 0.6 is 12.6 Å². The topological polar surface area (TPSA) is 15.8 Å². The van der Waals surface area contributed by atoms with Crippen molar-refractivity contribution in [1.29, 1.82) is 0 Å². The molecule has 0 aliphatic rings. The number of hydrogen-bond acceptors (Lipinski definition) is 1. The summed E-state index contributed by atoms with van der Waals surface area (Å²) in [5.41, 5.74) is 1.12. The molecule has 0 aliphatic carbocycles. The third-order valence-electron chi connectivity index (χ3n) is 2.15. The van der Waals surface area contributed by atoms with Crippen molar-refractivity contribution in [1.82, 2.24) is 4.98 Å². The molecule has 66 valence electrons. The Balaban J connectivity index is 3.14. The number of rotatable bonds is 0. The Morgan fingerprint density at radius 3 is 2.77 bits per heavy atom. The maximum absolute atomic E-state index is 4.36. The van der Waals surface area contributed by atoms with Crippen molar-refractivity contribution in [2.45, 2.75) is 6.92 Å². The molecule has 0 saturated heterocycles. The maximum atomic E-state index is 4.36. The number of fused-ring (bicyclic) bond motifs is 1. The summed E-state index contributed by atoms with van der Waals surface area (Å²) in [7, 11) is 0. The van der Waals surface area contributed by atoms with Gasteiger partial charge < -0.3 is 4.98 Å². The Hall–Kier alpha value is -1.15. The number of para-hydroxylation sites is 1. The van der Waals surface area contributed by atoms with Crippen molar-refractivity contribution in [3.8, 4) is 0 Å². The lowest BCUT2D eigenvalue weighted by Crippen LogP contribution is -2.21. The second-order valence-electron chi connectivity index (χ2n) is 3.11. The Morgan fingerprint density at radius 2 is 2.08 bits per heavy atom. The lowest BCUT2D eigenvalue weighted by atomic mass is 10.2. The average molecular weight is 189 g/mol. The van der Waals surface area contributed by atoms with Crippen molar-refractivity contribution < 1.29 is 0 Å². The van der Waals surface area contributed by atoms with E-state index in [9.17, 15) is 0 Å². The standard InChI is InChI=1S/C11H11NS/c1-7-11(8(2)13)9-5-3-4-6-10(9)12-7/h3-6,12-13H,1H2,2H3/b11-8-. The zero-order valence-electron chi connectivity index (χ0n) is 7.46. The zero-order valence-corrected chi connectivity index (χ0v) is 8.36. The van der Waals surface area contributed by atoms with Crippen LogP contribution in [-0.4, -0.2) is 4.98 Å². The van der Waals surface area contributed by atoms with Gasteiger partial charge in [-0.25, -0.2) is 0 Å². The van der Waals surface area contributed by atoms with Crippen LogP contribution in [0.4, 0.5) is 0 Å². The SMILES string of the molecule is C=c1[nH]c2ccccc2/c1=C(/C)S. The van der Waals surface area contributed by atoms with Gasteiger partial charge in [0.2, 0.25) is 0 Å². The van der Waals surface area contributed by atoms with Crippen molar-refractivity contribution in [2.75, 3.05) is 0 Å². The van der Waals surface area contributed by atoms with E-state index in [2.05, 4.69) is 30.3 Å². The van der Waals surface area contributed by atoms with Gasteiger partial charge in [-0.05, 0) is 17.9 Å². The van der Waals surface area contributed by atoms with E-state index < -0.39 is 0 Å². The average Bonchev–Trinajstić information content (AvgIpc) is 2.39. The number of aromatic nitrogens is 1. The summed E-state index contributed by atoms with van der Waals surface area (Å²) in [4.78, 5) is 4.23. The molecule has 1 heterocycles. The number of thiol groups is 1. The van der Waals surface area contributed by atoms with E-state index >= 15 is 0 Å². The van der Waals surface area contributed by atoms with E-state index in [0.717, 1.165) is 21.0 Å². The van der Waals surface area contributed by atoms with Crippen molar-refractivity contribution in [3.05, 3.63) is 34.8 Å². The summed E-state index contributed by atoms with van der Waals surface area (Å²) >= 11 is 4.36. The summed E-state index contributed by atoms with van der Waals surface area (Å²) in [6.45, 7) is 5.93. The first-order valence-corrected chi connectivity index (χ1v) is 4.60. The zero-order chi connectivity index (χ0) is 9.42. The molecule has 1 N–H and O–H groups in total. The highest BCUT2D eigenvalue weighted by Crippen LogP contribution is 2.06. The fourth-order valence-corrected chi connectivity index (χ4v) is 1.87. The van der Waals surface area contributed by atoms with Crippen LogP contribution in [0, 0.1) is 0 Å². The Morgan fingerprint density at radius 1 is 1.38 bits per heavy atom. The Kier molecular flexibility index (Phi) is 1.93. The minimum absolute atomic E-state index is 0.939. The van der Waals surface area contributed by atoms with Crippen LogP contribution < -0.4 is 10.6 Å². The van der Waals surface area contributed by atoms with Gasteiger partial charge in [-0.2, -0.15) is 0 Å². The highest BCUT2D eigenvalue weighted by Gasteiger charge is 1.98. The molecule has 0 aliphatic heterocycles. The van der Waals surface area contributed by atoms with Gasteiger partial charge in [-0.15, -0.1) is 12.6 Å². The molecular weight excluding hydrogens is 178 g/mol. The van der Waals surface area contributed by atoms with Crippen molar-refractivity contribution in [3.63, 3.8) is 0 Å². The minimum atomic E-state index is 0.939. The van der Waals surface area contributed by atoms with E-state index in [1.807, 2.05) is 25.1 Å². The van der Waals surface area contributed by atoms with Crippen LogP contribution in [0.15, 0.2) is 24.3 Å². The van der Waals surface area contributed by atoms with Crippen molar-refractivity contribution >= 4 is 35.0 Å². The van der Waals surface area contributed by atoms with E-state index in [1.165, 1.54) is 5.39 Å². The van der Waals surface area contributed by atoms with Crippen LogP contribution in [0.2, 0.25) is 0 Å². The lowest BCUT2D eigenvalue weighted by Gasteiger charge is -1.88. The summed E-state index contributed by atoms with van der Waals surface area (Å²) in [5.74, 6) is 0. The van der Waals surface area contributed by atoms with E-state index in [-0.39, 0.29) is 0 Å². The van der Waals surface area contributed by atoms with Crippen LogP contribution in [-0.2, 0) is 0 Å². The summed E-state index contributed by atoms with van der Waals surface area (Å²) in [6, 6.07) is 8.16. The third kappa shape index (κ3) is 1.27. The summed E-state index contributed by atoms with van der Waals surface area (Å²) in [5, 5.41) is 3.26. The van der Waals surface area contributed by atoms with Gasteiger partial charge in [-0.1, -0.05) is 24.8 Å². The molecule has 0 radical (unpaired) electrons. The predicted octanol–water partition coefficient (Wildman–Crippen LogP) is 1.64. The van der Waals surface area contributed by atoms with Crippen LogP contribution in [0.3, 0.4) is 0 Å². The van der Waals surface area contributed by atoms with Gasteiger partial charge in [0.05, 0.1) is 0 Å². The number of aromatic amines is 1. The number of benzene rings is 1. The first kappa shape index (κ1) is 8.45. The largest absolute Gasteiger partial charge is 0.355 e. The number of hydrogen-bond donors (Lipinski definition) is 2. The smallest absolute Gasteiger partial charge is 0.0464 e. The molecule has 2 rings (SSSR count). The van der Waals surface area contributed by atoms with Gasteiger partial charge in [0.15, 0.2) is 0 Å². The summed E-state index contributed by atoms with van der Waals surface area (Å²) < 4.78 is 0. The van der Waals surface area contributed by atoms with Gasteiger partial charge in [0, 0.05) is 21.5 Å². The monoisotopic (exact) mass is 189 g/mol. The van der Waals surface area contributed by atoms with E-state index in [0.29, 0.717) is 0 Å². The second kappa shape index (κ2) is 2.96. The van der Waals surface area contributed by atoms with Crippen LogP contribution in [0.1, 0.15) is 6.92 Å². The molecule has 0 spiro atoms. The number of H-pyrrole nitrogens is 1. The molecule has 13 heavy (non-hydrogen) atoms. The van der Waals surface area contributed by atoms with Gasteiger partial charge in [0.1, 0.15) is 0 Å². The minimum Gasteiger partial charge on any atom is -0.355 e. The molecule has 0 unspecified atom stereocenters. The third-order valence-corrected chi connectivity index (χ3v) is 2.37. The molecule has 0 bridgehead atoms. The fourth-order valence-electron chi connectivity index (χ4n) is 1.61. The molecular formula is C11H11NS. The second-order valence-corrected chi connectivity index (χ2v) is 3.78. The summed E-state index contributed by atoms with van der Waals surface area (Å²) in [6.07, 6.45) is 0. The Labute approximate surface area is 82.2 Å². The molecule has 1 aromatic carbocycles. The molecule has 0 fully saturated rings. The molecule has 0 atom stereocenters. The van der Waals surface area contributed by atoms with Gasteiger partial charge in [0.25, 0.3) is 0 Å².